The van der Waals surface area contributed by atoms with Crippen molar-refractivity contribution < 1.29 is 14.3 Å². The van der Waals surface area contributed by atoms with Crippen LogP contribution in [0.1, 0.15) is 11.4 Å². The fourth-order valence-corrected chi connectivity index (χ4v) is 3.00. The number of hydrogen-bond acceptors (Lipinski definition) is 7. The van der Waals surface area contributed by atoms with E-state index >= 15 is 0 Å². The maximum Gasteiger partial charge on any atom is 0.240 e. The van der Waals surface area contributed by atoms with Crippen molar-refractivity contribution in [3.05, 3.63) is 35.8 Å². The Morgan fingerprint density at radius 2 is 1.78 bits per heavy atom. The van der Waals surface area contributed by atoms with E-state index in [4.69, 9.17) is 9.47 Å². The fraction of sp³-hybridized carbons (Fsp3) is 0.316. The molecular weight excluding hydrogens is 346 g/mol. The predicted octanol–water partition coefficient (Wildman–Crippen LogP) is 2.75. The highest BCUT2D eigenvalue weighted by Crippen LogP contribution is 2.37. The van der Waals surface area contributed by atoms with Crippen molar-refractivity contribution in [3.63, 3.8) is 0 Å². The first-order valence-electron chi connectivity index (χ1n) is 8.31. The number of rotatable bonds is 6. The quantitative estimate of drug-likeness (QED) is 0.492. The molecule has 2 heterocycles. The molecule has 1 aromatic carbocycles. The van der Waals surface area contributed by atoms with Gasteiger partial charge in [0, 0.05) is 18.3 Å². The third-order valence-electron chi connectivity index (χ3n) is 4.24. The molecule has 0 N–H and O–H groups in total. The molecule has 0 radical (unpaired) electrons. The van der Waals surface area contributed by atoms with Gasteiger partial charge in [0.2, 0.25) is 6.08 Å². The van der Waals surface area contributed by atoms with Gasteiger partial charge in [0.15, 0.2) is 5.65 Å². The van der Waals surface area contributed by atoms with E-state index in [-0.39, 0.29) is 0 Å². The molecule has 0 bridgehead atoms. The van der Waals surface area contributed by atoms with Gasteiger partial charge in [0.1, 0.15) is 23.0 Å². The average Bonchev–Trinajstić information content (AvgIpc) is 3.03. The number of isocyanates is 1. The molecule has 2 aromatic heterocycles. The van der Waals surface area contributed by atoms with Crippen LogP contribution in [0, 0.1) is 6.92 Å². The molecular formula is C19H21N5O3. The van der Waals surface area contributed by atoms with Crippen LogP contribution in [0.4, 0.5) is 5.69 Å². The summed E-state index contributed by atoms with van der Waals surface area (Å²) in [5.74, 6) is 2.13. The van der Waals surface area contributed by atoms with Gasteiger partial charge < -0.3 is 14.4 Å². The van der Waals surface area contributed by atoms with Gasteiger partial charge in [-0.3, -0.25) is 4.40 Å². The number of ether oxygens (including phenoxy) is 2. The van der Waals surface area contributed by atoms with Crippen molar-refractivity contribution in [2.75, 3.05) is 28.3 Å². The van der Waals surface area contributed by atoms with E-state index in [1.807, 2.05) is 44.2 Å². The van der Waals surface area contributed by atoms with Crippen LogP contribution in [-0.4, -0.2) is 53.9 Å². The number of fused-ring (bicyclic) bond motifs is 1. The molecule has 8 nitrogen and oxygen atoms in total. The number of aromatic nitrogens is 3. The van der Waals surface area contributed by atoms with Crippen LogP contribution in [0.5, 0.6) is 11.5 Å². The van der Waals surface area contributed by atoms with E-state index in [0.29, 0.717) is 23.7 Å². The van der Waals surface area contributed by atoms with E-state index in [2.05, 4.69) is 15.2 Å². The standard InChI is InChI=1S/C19H21N5O3/c1-12-21-22-19-16(20-11-25)6-14(9-24(12)19)13-7-17(26-4)15(10-23(2)3)18(8-13)27-5/h6-9H,10H2,1-5H3. The molecule has 0 fully saturated rings. The first-order valence-corrected chi connectivity index (χ1v) is 8.31. The topological polar surface area (TPSA) is 81.3 Å². The van der Waals surface area contributed by atoms with Crippen molar-refractivity contribution in [3.8, 4) is 22.6 Å². The van der Waals surface area contributed by atoms with Gasteiger partial charge in [0.25, 0.3) is 0 Å². The summed E-state index contributed by atoms with van der Waals surface area (Å²) >= 11 is 0. The zero-order chi connectivity index (χ0) is 19.6. The Morgan fingerprint density at radius 1 is 1.11 bits per heavy atom. The zero-order valence-corrected chi connectivity index (χ0v) is 16.0. The molecule has 140 valence electrons. The molecule has 0 atom stereocenters. The minimum atomic E-state index is 0.401. The monoisotopic (exact) mass is 367 g/mol. The number of methoxy groups -OCH3 is 2. The molecule has 0 aliphatic heterocycles. The second-order valence-electron chi connectivity index (χ2n) is 6.36. The van der Waals surface area contributed by atoms with E-state index in [0.717, 1.165) is 28.2 Å². The fourth-order valence-electron chi connectivity index (χ4n) is 3.00. The highest BCUT2D eigenvalue weighted by molar-refractivity contribution is 5.77. The number of nitrogens with zero attached hydrogens (tertiary/aromatic N) is 5. The highest BCUT2D eigenvalue weighted by atomic mass is 16.5. The van der Waals surface area contributed by atoms with Crippen LogP contribution in [0.15, 0.2) is 29.4 Å². The molecule has 0 aliphatic carbocycles. The molecule has 3 aromatic rings. The summed E-state index contributed by atoms with van der Waals surface area (Å²) in [6.45, 7) is 2.51. The summed E-state index contributed by atoms with van der Waals surface area (Å²) in [5, 5.41) is 8.13. The molecule has 0 saturated carbocycles. The lowest BCUT2D eigenvalue weighted by Gasteiger charge is -2.18. The molecule has 3 rings (SSSR count). The van der Waals surface area contributed by atoms with Crippen molar-refractivity contribution in [1.29, 1.82) is 0 Å². The van der Waals surface area contributed by atoms with Gasteiger partial charge in [-0.1, -0.05) is 0 Å². The van der Waals surface area contributed by atoms with Gasteiger partial charge in [-0.25, -0.2) is 4.79 Å². The maximum atomic E-state index is 10.8. The summed E-state index contributed by atoms with van der Waals surface area (Å²) in [6.07, 6.45) is 3.48. The number of carbonyl (C=O) groups excluding carboxylic acids is 1. The second kappa shape index (κ2) is 7.57. The second-order valence-corrected chi connectivity index (χ2v) is 6.36. The minimum Gasteiger partial charge on any atom is -0.496 e. The number of pyridine rings is 1. The Hall–Kier alpha value is -3.22. The number of aryl methyl sites for hydroxylation is 1. The summed E-state index contributed by atoms with van der Waals surface area (Å²) in [4.78, 5) is 16.7. The van der Waals surface area contributed by atoms with Crippen LogP contribution in [0.2, 0.25) is 0 Å². The summed E-state index contributed by atoms with van der Waals surface area (Å²) < 4.78 is 13.0. The van der Waals surface area contributed by atoms with Crippen LogP contribution >= 0.6 is 0 Å². The highest BCUT2D eigenvalue weighted by Gasteiger charge is 2.16. The van der Waals surface area contributed by atoms with Crippen LogP contribution < -0.4 is 9.47 Å². The van der Waals surface area contributed by atoms with E-state index in [1.54, 1.807) is 30.8 Å². The Kier molecular flexibility index (Phi) is 5.21. The van der Waals surface area contributed by atoms with Gasteiger partial charge >= 0.3 is 0 Å². The molecule has 0 unspecified atom stereocenters. The zero-order valence-electron chi connectivity index (χ0n) is 16.0. The number of hydrogen-bond donors (Lipinski definition) is 0. The van der Waals surface area contributed by atoms with Crippen molar-refractivity contribution >= 4 is 17.4 Å². The Labute approximate surface area is 157 Å². The van der Waals surface area contributed by atoms with Crippen molar-refractivity contribution in [2.45, 2.75) is 13.5 Å². The minimum absolute atomic E-state index is 0.401. The Balaban J connectivity index is 2.24. The lowest BCUT2D eigenvalue weighted by Crippen LogP contribution is -2.12. The van der Waals surface area contributed by atoms with E-state index in [9.17, 15) is 4.79 Å². The lowest BCUT2D eigenvalue weighted by molar-refractivity contribution is 0.349. The van der Waals surface area contributed by atoms with Crippen LogP contribution in [-0.2, 0) is 11.3 Å². The molecule has 0 spiro atoms. The summed E-state index contributed by atoms with van der Waals surface area (Å²) in [5.41, 5.74) is 3.55. The summed E-state index contributed by atoms with van der Waals surface area (Å²) in [7, 11) is 7.23. The van der Waals surface area contributed by atoms with Crippen LogP contribution in [0.25, 0.3) is 16.8 Å². The Morgan fingerprint density at radius 3 is 2.33 bits per heavy atom. The lowest BCUT2D eigenvalue weighted by atomic mass is 10.0. The van der Waals surface area contributed by atoms with Gasteiger partial charge in [-0.15, -0.1) is 10.2 Å². The first kappa shape index (κ1) is 18.6. The Bertz CT molecular complexity index is 1010. The largest absolute Gasteiger partial charge is 0.496 e. The first-order chi connectivity index (χ1) is 13.0. The van der Waals surface area contributed by atoms with Gasteiger partial charge in [-0.2, -0.15) is 4.99 Å². The van der Waals surface area contributed by atoms with Crippen LogP contribution in [0.3, 0.4) is 0 Å². The van der Waals surface area contributed by atoms with Gasteiger partial charge in [0.05, 0.1) is 19.8 Å². The van der Waals surface area contributed by atoms with E-state index in [1.165, 1.54) is 0 Å². The molecule has 0 saturated heterocycles. The predicted molar refractivity (Wildman–Crippen MR) is 101 cm³/mol. The number of aliphatic imine (C=N–C) groups is 1. The normalized spacial score (nSPS) is 10.9. The van der Waals surface area contributed by atoms with E-state index < -0.39 is 0 Å². The van der Waals surface area contributed by atoms with Gasteiger partial charge in [-0.05, 0) is 44.8 Å². The smallest absolute Gasteiger partial charge is 0.240 e. The number of benzene rings is 1. The maximum absolute atomic E-state index is 10.8. The average molecular weight is 367 g/mol. The third-order valence-corrected chi connectivity index (χ3v) is 4.24. The SMILES string of the molecule is COc1cc(-c2cc(N=C=O)c3nnc(C)n3c2)cc(OC)c1CN(C)C. The van der Waals surface area contributed by atoms with Crippen molar-refractivity contribution in [1.82, 2.24) is 19.5 Å². The molecule has 27 heavy (non-hydrogen) atoms. The molecule has 8 heteroatoms. The van der Waals surface area contributed by atoms with Crippen molar-refractivity contribution in [2.24, 2.45) is 4.99 Å². The molecule has 0 amide bonds. The third kappa shape index (κ3) is 3.53. The molecule has 0 aliphatic rings. The summed E-state index contributed by atoms with van der Waals surface area (Å²) in [6, 6.07) is 5.65.